The lowest BCUT2D eigenvalue weighted by Gasteiger charge is -2.09. The highest BCUT2D eigenvalue weighted by Crippen LogP contribution is 2.29. The van der Waals surface area contributed by atoms with Crippen LogP contribution in [0.2, 0.25) is 5.02 Å². The van der Waals surface area contributed by atoms with E-state index in [9.17, 15) is 8.42 Å². The summed E-state index contributed by atoms with van der Waals surface area (Å²) >= 11 is 5.91. The minimum Gasteiger partial charge on any atom is -0.398 e. The van der Waals surface area contributed by atoms with Crippen molar-refractivity contribution in [2.45, 2.75) is 10.6 Å². The summed E-state index contributed by atoms with van der Waals surface area (Å²) in [5.41, 5.74) is 6.49. The van der Waals surface area contributed by atoms with E-state index in [0.717, 1.165) is 0 Å². The number of sulfone groups is 1. The van der Waals surface area contributed by atoms with Crippen LogP contribution in [0.3, 0.4) is 0 Å². The summed E-state index contributed by atoms with van der Waals surface area (Å²) < 4.78 is 24.5. The molecule has 1 aromatic heterocycles. The molecule has 0 saturated heterocycles. The van der Waals surface area contributed by atoms with Gasteiger partial charge in [0.15, 0.2) is 9.84 Å². The first-order valence-corrected chi connectivity index (χ1v) is 7.19. The highest BCUT2D eigenvalue weighted by atomic mass is 35.5. The number of nitrogen functional groups attached to an aromatic ring is 1. The summed E-state index contributed by atoms with van der Waals surface area (Å²) in [6, 6.07) is 7.93. The van der Waals surface area contributed by atoms with E-state index in [1.54, 1.807) is 30.6 Å². The molecule has 0 atom stereocenters. The Hall–Kier alpha value is -1.59. The second-order valence-corrected chi connectivity index (χ2v) is 6.11. The predicted octanol–water partition coefficient (Wildman–Crippen LogP) is 2.29. The minimum atomic E-state index is -3.56. The van der Waals surface area contributed by atoms with E-state index in [1.165, 1.54) is 12.1 Å². The number of nitrogens with two attached hydrogens (primary N) is 1. The minimum absolute atomic E-state index is 0.0107. The van der Waals surface area contributed by atoms with Gasteiger partial charge in [-0.3, -0.25) is 4.98 Å². The number of nitrogens with zero attached hydrogens (tertiary/aromatic N) is 1. The fraction of sp³-hybridized carbons (Fsp3) is 0.0833. The van der Waals surface area contributed by atoms with E-state index in [4.69, 9.17) is 17.3 Å². The monoisotopic (exact) mass is 282 g/mol. The van der Waals surface area contributed by atoms with Gasteiger partial charge in [0, 0.05) is 12.4 Å². The SMILES string of the molecule is Nc1cccc(Cl)c1S(=O)(=O)Cc1ccncc1. The highest BCUT2D eigenvalue weighted by molar-refractivity contribution is 7.91. The van der Waals surface area contributed by atoms with Gasteiger partial charge in [-0.2, -0.15) is 0 Å². The lowest BCUT2D eigenvalue weighted by Crippen LogP contribution is -2.08. The van der Waals surface area contributed by atoms with Crippen LogP contribution in [0.1, 0.15) is 5.56 Å². The first-order chi connectivity index (χ1) is 8.50. The topological polar surface area (TPSA) is 73.1 Å². The van der Waals surface area contributed by atoms with Crippen LogP contribution in [0.5, 0.6) is 0 Å². The molecule has 0 aliphatic rings. The molecule has 6 heteroatoms. The van der Waals surface area contributed by atoms with E-state index in [2.05, 4.69) is 4.98 Å². The quantitative estimate of drug-likeness (QED) is 0.877. The van der Waals surface area contributed by atoms with E-state index >= 15 is 0 Å². The second kappa shape index (κ2) is 4.96. The smallest absolute Gasteiger partial charge is 0.186 e. The van der Waals surface area contributed by atoms with Gasteiger partial charge in [0.25, 0.3) is 0 Å². The Morgan fingerprint density at radius 2 is 1.83 bits per heavy atom. The first-order valence-electron chi connectivity index (χ1n) is 5.16. The van der Waals surface area contributed by atoms with Crippen molar-refractivity contribution in [2.75, 3.05) is 5.73 Å². The lowest BCUT2D eigenvalue weighted by molar-refractivity contribution is 0.595. The highest BCUT2D eigenvalue weighted by Gasteiger charge is 2.21. The molecule has 1 aromatic carbocycles. The van der Waals surface area contributed by atoms with Gasteiger partial charge in [0.2, 0.25) is 0 Å². The van der Waals surface area contributed by atoms with Gasteiger partial charge >= 0.3 is 0 Å². The van der Waals surface area contributed by atoms with Crippen LogP contribution in [0.15, 0.2) is 47.6 Å². The van der Waals surface area contributed by atoms with Crippen molar-refractivity contribution in [2.24, 2.45) is 0 Å². The van der Waals surface area contributed by atoms with Crippen LogP contribution in [0, 0.1) is 0 Å². The number of rotatable bonds is 3. The zero-order valence-electron chi connectivity index (χ0n) is 9.38. The van der Waals surface area contributed by atoms with Crippen molar-refractivity contribution in [3.8, 4) is 0 Å². The van der Waals surface area contributed by atoms with Crippen LogP contribution >= 0.6 is 11.6 Å². The number of hydrogen-bond acceptors (Lipinski definition) is 4. The van der Waals surface area contributed by atoms with Gasteiger partial charge in [0.05, 0.1) is 16.5 Å². The molecule has 0 aliphatic carbocycles. The van der Waals surface area contributed by atoms with Gasteiger partial charge < -0.3 is 5.73 Å². The maximum atomic E-state index is 12.3. The molecular weight excluding hydrogens is 272 g/mol. The molecule has 0 radical (unpaired) electrons. The zero-order valence-corrected chi connectivity index (χ0v) is 10.9. The molecule has 2 N–H and O–H groups in total. The molecule has 0 saturated carbocycles. The third-order valence-corrected chi connectivity index (χ3v) is 4.63. The van der Waals surface area contributed by atoms with Crippen LogP contribution in [0.25, 0.3) is 0 Å². The molecule has 94 valence electrons. The molecule has 0 unspecified atom stereocenters. The van der Waals surface area contributed by atoms with Gasteiger partial charge in [-0.15, -0.1) is 0 Å². The Morgan fingerprint density at radius 1 is 1.17 bits per heavy atom. The fourth-order valence-electron chi connectivity index (χ4n) is 1.62. The Morgan fingerprint density at radius 3 is 2.44 bits per heavy atom. The van der Waals surface area contributed by atoms with Crippen LogP contribution in [-0.2, 0) is 15.6 Å². The Labute approximate surface area is 110 Å². The second-order valence-electron chi connectivity index (χ2n) is 3.77. The lowest BCUT2D eigenvalue weighted by atomic mass is 10.3. The van der Waals surface area contributed by atoms with E-state index in [0.29, 0.717) is 5.56 Å². The Balaban J connectivity index is 2.44. The standard InChI is InChI=1S/C12H11ClN2O2S/c13-10-2-1-3-11(14)12(10)18(16,17)8-9-4-6-15-7-5-9/h1-7H,8,14H2. The summed E-state index contributed by atoms with van der Waals surface area (Å²) in [5, 5.41) is 0.143. The molecule has 0 spiro atoms. The zero-order chi connectivity index (χ0) is 13.2. The molecule has 4 nitrogen and oxygen atoms in total. The molecule has 0 aliphatic heterocycles. The maximum Gasteiger partial charge on any atom is 0.186 e. The van der Waals surface area contributed by atoms with E-state index in [-0.39, 0.29) is 21.4 Å². The fourth-order valence-corrected chi connectivity index (χ4v) is 3.73. The summed E-state index contributed by atoms with van der Waals surface area (Å²) in [7, 11) is -3.56. The number of hydrogen-bond donors (Lipinski definition) is 1. The summed E-state index contributed by atoms with van der Waals surface area (Å²) in [4.78, 5) is 3.83. The number of anilines is 1. The van der Waals surface area contributed by atoms with Crippen LogP contribution < -0.4 is 5.73 Å². The molecule has 2 rings (SSSR count). The van der Waals surface area contributed by atoms with Gasteiger partial charge in [-0.05, 0) is 29.8 Å². The van der Waals surface area contributed by atoms with Gasteiger partial charge in [-0.25, -0.2) is 8.42 Å². The predicted molar refractivity (Wildman–Crippen MR) is 71.0 cm³/mol. The van der Waals surface area contributed by atoms with Crippen molar-refractivity contribution in [3.05, 3.63) is 53.3 Å². The maximum absolute atomic E-state index is 12.3. The molecule has 0 fully saturated rings. The molecule has 0 amide bonds. The largest absolute Gasteiger partial charge is 0.398 e. The van der Waals surface area contributed by atoms with E-state index < -0.39 is 9.84 Å². The Bertz CT molecular complexity index is 637. The average molecular weight is 283 g/mol. The molecular formula is C12H11ClN2O2S. The Kier molecular flexibility index (Phi) is 3.54. The number of aromatic nitrogens is 1. The average Bonchev–Trinajstić information content (AvgIpc) is 2.28. The molecule has 18 heavy (non-hydrogen) atoms. The van der Waals surface area contributed by atoms with E-state index in [1.807, 2.05) is 0 Å². The molecule has 0 bridgehead atoms. The molecule has 2 aromatic rings. The number of halogens is 1. The summed E-state index contributed by atoms with van der Waals surface area (Å²) in [6.07, 6.45) is 3.08. The van der Waals surface area contributed by atoms with Crippen molar-refractivity contribution < 1.29 is 8.42 Å². The van der Waals surface area contributed by atoms with Crippen molar-refractivity contribution in [3.63, 3.8) is 0 Å². The van der Waals surface area contributed by atoms with Crippen molar-refractivity contribution in [1.82, 2.24) is 4.98 Å². The van der Waals surface area contributed by atoms with Crippen LogP contribution in [-0.4, -0.2) is 13.4 Å². The van der Waals surface area contributed by atoms with Crippen LogP contribution in [0.4, 0.5) is 5.69 Å². The number of pyridine rings is 1. The van der Waals surface area contributed by atoms with Crippen molar-refractivity contribution in [1.29, 1.82) is 0 Å². The first kappa shape index (κ1) is 12.9. The number of benzene rings is 1. The normalized spacial score (nSPS) is 11.4. The van der Waals surface area contributed by atoms with Gasteiger partial charge in [0.1, 0.15) is 4.90 Å². The summed E-state index contributed by atoms with van der Waals surface area (Å²) in [5.74, 6) is -0.149. The third-order valence-electron chi connectivity index (χ3n) is 2.41. The van der Waals surface area contributed by atoms with Crippen molar-refractivity contribution >= 4 is 27.1 Å². The van der Waals surface area contributed by atoms with Gasteiger partial charge in [-0.1, -0.05) is 17.7 Å². The molecule has 1 heterocycles. The third kappa shape index (κ3) is 2.63. The summed E-state index contributed by atoms with van der Waals surface area (Å²) in [6.45, 7) is 0.